The summed E-state index contributed by atoms with van der Waals surface area (Å²) in [5.74, 6) is -1.37. The Balaban J connectivity index is 1.81. The minimum Gasteiger partial charge on any atom is -0.367 e. The van der Waals surface area contributed by atoms with Crippen LogP contribution in [-0.4, -0.2) is 59.7 Å². The molecule has 2 fully saturated rings. The van der Waals surface area contributed by atoms with E-state index < -0.39 is 29.3 Å². The van der Waals surface area contributed by atoms with Gasteiger partial charge in [0.15, 0.2) is 5.78 Å². The Labute approximate surface area is 169 Å². The zero-order chi connectivity index (χ0) is 21.5. The normalized spacial score (nSPS) is 24.9. The highest BCUT2D eigenvalue weighted by Gasteiger charge is 2.52. The molecule has 0 aromatic heterocycles. The van der Waals surface area contributed by atoms with Crippen LogP contribution in [0.25, 0.3) is 0 Å². The van der Waals surface area contributed by atoms with Gasteiger partial charge in [-0.1, -0.05) is 27.7 Å². The van der Waals surface area contributed by atoms with Crippen LogP contribution in [0.1, 0.15) is 48.4 Å². The molecule has 29 heavy (non-hydrogen) atoms. The van der Waals surface area contributed by atoms with Crippen molar-refractivity contribution in [3.05, 3.63) is 35.4 Å². The first-order valence-corrected chi connectivity index (χ1v) is 9.66. The molecule has 8 heteroatoms. The Kier molecular flexibility index (Phi) is 5.49. The third-order valence-electron chi connectivity index (χ3n) is 5.54. The number of carbonyl (C=O) groups is 4. The van der Waals surface area contributed by atoms with Crippen molar-refractivity contribution in [1.82, 2.24) is 10.2 Å². The molecule has 2 saturated heterocycles. The SMILES string of the molecule is C[C@H]1CN(C(=O)[C@@H](NC(=O)c2ccc(C(N)=O)cc2)C(C)(C)C)[C@@H]2C(=O)CO[C@@H]21. The molecular formula is C21H27N3O5. The van der Waals surface area contributed by atoms with Crippen molar-refractivity contribution in [3.8, 4) is 0 Å². The highest BCUT2D eigenvalue weighted by atomic mass is 16.5. The largest absolute Gasteiger partial charge is 0.367 e. The summed E-state index contributed by atoms with van der Waals surface area (Å²) in [7, 11) is 0. The number of primary amides is 1. The molecule has 0 aliphatic carbocycles. The number of amides is 3. The number of nitrogens with one attached hydrogen (secondary N) is 1. The van der Waals surface area contributed by atoms with E-state index >= 15 is 0 Å². The smallest absolute Gasteiger partial charge is 0.251 e. The molecule has 3 N–H and O–H groups in total. The van der Waals surface area contributed by atoms with E-state index in [1.807, 2.05) is 27.7 Å². The van der Waals surface area contributed by atoms with Crippen LogP contribution in [0.15, 0.2) is 24.3 Å². The molecular weight excluding hydrogens is 374 g/mol. The summed E-state index contributed by atoms with van der Waals surface area (Å²) in [6.45, 7) is 7.95. The Morgan fingerprint density at radius 1 is 1.17 bits per heavy atom. The summed E-state index contributed by atoms with van der Waals surface area (Å²) in [6, 6.07) is 4.49. The predicted molar refractivity (Wildman–Crippen MR) is 105 cm³/mol. The monoisotopic (exact) mass is 401 g/mol. The Morgan fingerprint density at radius 3 is 2.31 bits per heavy atom. The number of ether oxygens (including phenoxy) is 1. The number of fused-ring (bicyclic) bond motifs is 1. The average molecular weight is 401 g/mol. The standard InChI is InChI=1S/C21H27N3O5/c1-11-9-24(15-14(25)10-29-16(11)15)20(28)17(21(2,3)4)23-19(27)13-7-5-12(6-8-13)18(22)26/h5-8,11,15-17H,9-10H2,1-4H3,(H2,22,26)(H,23,27)/t11-,15+,16+,17+/m0/s1. The van der Waals surface area contributed by atoms with E-state index in [1.165, 1.54) is 24.3 Å². The number of nitrogens with zero attached hydrogens (tertiary/aromatic N) is 1. The van der Waals surface area contributed by atoms with Gasteiger partial charge in [-0.3, -0.25) is 19.2 Å². The van der Waals surface area contributed by atoms with Crippen LogP contribution in [0.5, 0.6) is 0 Å². The van der Waals surface area contributed by atoms with Gasteiger partial charge in [-0.25, -0.2) is 0 Å². The Morgan fingerprint density at radius 2 is 1.76 bits per heavy atom. The lowest BCUT2D eigenvalue weighted by Gasteiger charge is -2.35. The van der Waals surface area contributed by atoms with Gasteiger partial charge < -0.3 is 20.7 Å². The molecule has 0 spiro atoms. The fourth-order valence-electron chi connectivity index (χ4n) is 3.93. The van der Waals surface area contributed by atoms with Gasteiger partial charge >= 0.3 is 0 Å². The average Bonchev–Trinajstić information content (AvgIpc) is 3.19. The van der Waals surface area contributed by atoms with E-state index in [-0.39, 0.29) is 30.3 Å². The molecule has 1 aromatic rings. The van der Waals surface area contributed by atoms with Crippen LogP contribution < -0.4 is 11.1 Å². The maximum atomic E-state index is 13.4. The van der Waals surface area contributed by atoms with Gasteiger partial charge in [0, 0.05) is 23.6 Å². The van der Waals surface area contributed by atoms with Gasteiger partial charge in [-0.2, -0.15) is 0 Å². The topological polar surface area (TPSA) is 119 Å². The van der Waals surface area contributed by atoms with Crippen LogP contribution in [0.4, 0.5) is 0 Å². The molecule has 0 saturated carbocycles. The second-order valence-corrected chi connectivity index (χ2v) is 8.87. The number of Topliss-reactive ketones (excluding diaryl/α,β-unsaturated/α-hetero) is 1. The van der Waals surface area contributed by atoms with Crippen molar-refractivity contribution >= 4 is 23.5 Å². The fourth-order valence-corrected chi connectivity index (χ4v) is 3.93. The summed E-state index contributed by atoms with van der Waals surface area (Å²) in [5, 5.41) is 2.81. The number of rotatable bonds is 4. The van der Waals surface area contributed by atoms with Crippen molar-refractivity contribution in [2.45, 2.75) is 45.9 Å². The minimum absolute atomic E-state index is 0.0161. The molecule has 0 unspecified atom stereocenters. The summed E-state index contributed by atoms with van der Waals surface area (Å²) in [5.41, 5.74) is 5.25. The second-order valence-electron chi connectivity index (χ2n) is 8.87. The molecule has 0 bridgehead atoms. The van der Waals surface area contributed by atoms with E-state index in [4.69, 9.17) is 10.5 Å². The molecule has 1 aromatic carbocycles. The summed E-state index contributed by atoms with van der Waals surface area (Å²) >= 11 is 0. The first-order chi connectivity index (χ1) is 13.5. The Hall–Kier alpha value is -2.74. The van der Waals surface area contributed by atoms with E-state index in [9.17, 15) is 19.2 Å². The lowest BCUT2D eigenvalue weighted by atomic mass is 9.85. The van der Waals surface area contributed by atoms with Crippen molar-refractivity contribution < 1.29 is 23.9 Å². The second kappa shape index (κ2) is 7.59. The third-order valence-corrected chi connectivity index (χ3v) is 5.54. The number of ketones is 1. The van der Waals surface area contributed by atoms with Crippen LogP contribution >= 0.6 is 0 Å². The van der Waals surface area contributed by atoms with Gasteiger partial charge in [-0.15, -0.1) is 0 Å². The number of hydrogen-bond donors (Lipinski definition) is 2. The van der Waals surface area contributed by atoms with Gasteiger partial charge in [0.2, 0.25) is 11.8 Å². The molecule has 3 amide bonds. The van der Waals surface area contributed by atoms with Crippen molar-refractivity contribution in [1.29, 1.82) is 0 Å². The van der Waals surface area contributed by atoms with E-state index in [0.29, 0.717) is 17.7 Å². The summed E-state index contributed by atoms with van der Waals surface area (Å²) in [4.78, 5) is 51.2. The quantitative estimate of drug-likeness (QED) is 0.772. The van der Waals surface area contributed by atoms with E-state index in [1.54, 1.807) is 4.90 Å². The van der Waals surface area contributed by atoms with Crippen molar-refractivity contribution in [3.63, 3.8) is 0 Å². The maximum Gasteiger partial charge on any atom is 0.251 e. The highest BCUT2D eigenvalue weighted by Crippen LogP contribution is 2.33. The zero-order valence-electron chi connectivity index (χ0n) is 17.1. The number of hydrogen-bond acceptors (Lipinski definition) is 5. The maximum absolute atomic E-state index is 13.4. The molecule has 8 nitrogen and oxygen atoms in total. The predicted octanol–water partition coefficient (Wildman–Crippen LogP) is 0.745. The third kappa shape index (κ3) is 4.03. The van der Waals surface area contributed by atoms with Crippen LogP contribution in [0.3, 0.4) is 0 Å². The molecule has 2 aliphatic heterocycles. The first-order valence-electron chi connectivity index (χ1n) is 9.66. The zero-order valence-corrected chi connectivity index (χ0v) is 17.1. The Bertz CT molecular complexity index is 843. The van der Waals surface area contributed by atoms with Crippen LogP contribution in [0.2, 0.25) is 0 Å². The molecule has 0 radical (unpaired) electrons. The number of nitrogens with two attached hydrogens (primary N) is 1. The number of likely N-dealkylation sites (tertiary alicyclic amines) is 1. The van der Waals surface area contributed by atoms with Crippen LogP contribution in [0, 0.1) is 11.3 Å². The first kappa shape index (κ1) is 21.0. The number of benzene rings is 1. The molecule has 156 valence electrons. The van der Waals surface area contributed by atoms with Gasteiger partial charge in [0.05, 0.1) is 6.10 Å². The van der Waals surface area contributed by atoms with Crippen molar-refractivity contribution in [2.24, 2.45) is 17.1 Å². The highest BCUT2D eigenvalue weighted by molar-refractivity contribution is 6.00. The molecule has 2 aliphatic rings. The molecule has 2 heterocycles. The lowest BCUT2D eigenvalue weighted by molar-refractivity contribution is -0.140. The summed E-state index contributed by atoms with van der Waals surface area (Å²) in [6.07, 6.45) is -0.288. The van der Waals surface area contributed by atoms with Gasteiger partial charge in [0.1, 0.15) is 18.7 Å². The number of carbonyl (C=O) groups excluding carboxylic acids is 4. The fraction of sp³-hybridized carbons (Fsp3) is 0.524. The summed E-state index contributed by atoms with van der Waals surface area (Å²) < 4.78 is 5.56. The van der Waals surface area contributed by atoms with E-state index in [2.05, 4.69) is 5.32 Å². The van der Waals surface area contributed by atoms with Crippen molar-refractivity contribution in [2.75, 3.05) is 13.2 Å². The van der Waals surface area contributed by atoms with Gasteiger partial charge in [0.25, 0.3) is 5.91 Å². The van der Waals surface area contributed by atoms with E-state index in [0.717, 1.165) is 0 Å². The lowest BCUT2D eigenvalue weighted by Crippen LogP contribution is -2.57. The molecule has 4 atom stereocenters. The van der Waals surface area contributed by atoms with Gasteiger partial charge in [-0.05, 0) is 29.7 Å². The molecule has 3 rings (SSSR count). The minimum atomic E-state index is -0.829. The van der Waals surface area contributed by atoms with Crippen LogP contribution in [-0.2, 0) is 14.3 Å².